The molecule has 20 heavy (non-hydrogen) atoms. The second kappa shape index (κ2) is 6.88. The van der Waals surface area contributed by atoms with Gasteiger partial charge in [-0.05, 0) is 25.1 Å². The number of nitrogens with two attached hydrogens (primary N) is 2. The molecule has 0 saturated heterocycles. The quantitative estimate of drug-likeness (QED) is 0.531. The van der Waals surface area contributed by atoms with E-state index in [0.29, 0.717) is 0 Å². The summed E-state index contributed by atoms with van der Waals surface area (Å²) in [5.74, 6) is -2.33. The number of primary amides is 1. The highest BCUT2D eigenvalue weighted by Gasteiger charge is 2.24. The van der Waals surface area contributed by atoms with Gasteiger partial charge < -0.3 is 21.5 Å². The smallest absolute Gasteiger partial charge is 0.332 e. The Morgan fingerprint density at radius 3 is 2.60 bits per heavy atom. The average Bonchev–Trinajstić information content (AvgIpc) is 2.40. The molecule has 8 heteroatoms. The Morgan fingerprint density at radius 2 is 2.05 bits per heavy atom. The van der Waals surface area contributed by atoms with Gasteiger partial charge in [-0.3, -0.25) is 9.59 Å². The van der Waals surface area contributed by atoms with Gasteiger partial charge in [0, 0.05) is 5.56 Å². The minimum atomic E-state index is -1.48. The van der Waals surface area contributed by atoms with Gasteiger partial charge in [0.1, 0.15) is 0 Å². The van der Waals surface area contributed by atoms with Crippen molar-refractivity contribution >= 4 is 35.1 Å². The van der Waals surface area contributed by atoms with Gasteiger partial charge in [0.2, 0.25) is 5.91 Å². The highest BCUT2D eigenvalue weighted by Crippen LogP contribution is 2.23. The molecule has 108 valence electrons. The Kier molecular flexibility index (Phi) is 5.48. The molecule has 1 aromatic rings. The van der Waals surface area contributed by atoms with Gasteiger partial charge in [-0.2, -0.15) is 0 Å². The largest absolute Gasteiger partial charge is 0.464 e. The Labute approximate surface area is 120 Å². The van der Waals surface area contributed by atoms with Crippen molar-refractivity contribution in [1.29, 1.82) is 0 Å². The van der Waals surface area contributed by atoms with Crippen molar-refractivity contribution in [3.63, 3.8) is 0 Å². The Bertz CT molecular complexity index is 548. The van der Waals surface area contributed by atoms with Gasteiger partial charge >= 0.3 is 5.97 Å². The molecule has 0 aromatic heterocycles. The number of esters is 1. The molecule has 1 rings (SSSR count). The number of rotatable bonds is 5. The summed E-state index contributed by atoms with van der Waals surface area (Å²) in [6.45, 7) is 1.70. The van der Waals surface area contributed by atoms with Crippen molar-refractivity contribution in [2.75, 3.05) is 11.9 Å². The van der Waals surface area contributed by atoms with E-state index in [1.165, 1.54) is 18.2 Å². The molecule has 0 aliphatic rings. The van der Waals surface area contributed by atoms with E-state index in [2.05, 4.69) is 10.1 Å². The summed E-state index contributed by atoms with van der Waals surface area (Å²) < 4.78 is 4.62. The average molecular weight is 300 g/mol. The van der Waals surface area contributed by atoms with Crippen LogP contribution in [0, 0.1) is 0 Å². The van der Waals surface area contributed by atoms with Gasteiger partial charge in [0.25, 0.3) is 5.91 Å². The van der Waals surface area contributed by atoms with E-state index >= 15 is 0 Å². The van der Waals surface area contributed by atoms with E-state index in [1.54, 1.807) is 6.92 Å². The van der Waals surface area contributed by atoms with E-state index in [1.807, 2.05) is 0 Å². The van der Waals surface area contributed by atoms with Crippen LogP contribution < -0.4 is 16.8 Å². The molecule has 0 aliphatic carbocycles. The minimum absolute atomic E-state index is 0.109. The lowest BCUT2D eigenvalue weighted by molar-refractivity contribution is -0.146. The minimum Gasteiger partial charge on any atom is -0.464 e. The number of ether oxygens (including phenoxy) is 1. The maximum Gasteiger partial charge on any atom is 0.332 e. The van der Waals surface area contributed by atoms with Crippen LogP contribution in [0.25, 0.3) is 0 Å². The van der Waals surface area contributed by atoms with Crippen molar-refractivity contribution in [3.05, 3.63) is 28.8 Å². The number of nitrogens with one attached hydrogen (secondary N) is 1. The summed E-state index contributed by atoms with van der Waals surface area (Å²) in [4.78, 5) is 34.1. The fraction of sp³-hybridized carbons (Fsp3) is 0.250. The third-order valence-electron chi connectivity index (χ3n) is 2.33. The summed E-state index contributed by atoms with van der Waals surface area (Å²) in [5, 5.41) is 2.52. The molecule has 0 saturated carbocycles. The summed E-state index contributed by atoms with van der Waals surface area (Å²) in [7, 11) is 0. The maximum atomic E-state index is 11.8. The van der Waals surface area contributed by atoms with Gasteiger partial charge in [-0.15, -0.1) is 0 Å². The first-order valence-electron chi connectivity index (χ1n) is 5.69. The topological polar surface area (TPSA) is 125 Å². The number of carbonyl (C=O) groups is 3. The van der Waals surface area contributed by atoms with Crippen LogP contribution in [0.3, 0.4) is 0 Å². The Hall–Kier alpha value is -2.12. The molecule has 0 aliphatic heterocycles. The predicted molar refractivity (Wildman–Crippen MR) is 73.2 cm³/mol. The van der Waals surface area contributed by atoms with Gasteiger partial charge in [0.15, 0.2) is 6.04 Å². The van der Waals surface area contributed by atoms with Crippen LogP contribution in [0.2, 0.25) is 5.02 Å². The second-order valence-electron chi connectivity index (χ2n) is 3.78. The molecule has 2 amide bonds. The molecule has 0 radical (unpaired) electrons. The second-order valence-corrected chi connectivity index (χ2v) is 4.19. The zero-order valence-electron chi connectivity index (χ0n) is 10.7. The molecule has 7 nitrogen and oxygen atoms in total. The predicted octanol–water partition coefficient (Wildman–Crippen LogP) is 0.268. The van der Waals surface area contributed by atoms with Gasteiger partial charge in [0.05, 0.1) is 17.3 Å². The number of anilines is 1. The van der Waals surface area contributed by atoms with Crippen molar-refractivity contribution in [1.82, 2.24) is 0 Å². The molecule has 1 atom stereocenters. The molecule has 0 bridgehead atoms. The van der Waals surface area contributed by atoms with E-state index in [9.17, 15) is 14.4 Å². The standard InChI is InChI=1S/C12H14ClN3O4/c1-2-20-12(19)9(14)11(18)16-8-5-6(10(15)17)3-4-7(8)13/h3-5,9H,2,14H2,1H3,(H2,15,17)(H,16,18). The first-order chi connectivity index (χ1) is 9.36. The maximum absolute atomic E-state index is 11.8. The van der Waals surface area contributed by atoms with Crippen LogP contribution in [0.1, 0.15) is 17.3 Å². The van der Waals surface area contributed by atoms with E-state index < -0.39 is 23.8 Å². The molecular weight excluding hydrogens is 286 g/mol. The fourth-order valence-corrected chi connectivity index (χ4v) is 1.49. The third-order valence-corrected chi connectivity index (χ3v) is 2.66. The number of hydrogen-bond donors (Lipinski definition) is 3. The molecule has 0 heterocycles. The molecule has 0 fully saturated rings. The molecule has 5 N–H and O–H groups in total. The van der Waals surface area contributed by atoms with Crippen LogP contribution in [-0.2, 0) is 14.3 Å². The Balaban J connectivity index is 2.87. The summed E-state index contributed by atoms with van der Waals surface area (Å²) in [5.41, 5.74) is 10.8. The van der Waals surface area contributed by atoms with E-state index in [0.717, 1.165) is 0 Å². The van der Waals surface area contributed by atoms with Crippen molar-refractivity contribution < 1.29 is 19.1 Å². The fourth-order valence-electron chi connectivity index (χ4n) is 1.32. The van der Waals surface area contributed by atoms with Crippen LogP contribution >= 0.6 is 11.6 Å². The van der Waals surface area contributed by atoms with E-state index in [4.69, 9.17) is 23.1 Å². The third kappa shape index (κ3) is 3.94. The summed E-state index contributed by atoms with van der Waals surface area (Å²) in [6, 6.07) is 2.61. The number of halogens is 1. The first-order valence-corrected chi connectivity index (χ1v) is 6.07. The van der Waals surface area contributed by atoms with Crippen LogP contribution in [0.5, 0.6) is 0 Å². The van der Waals surface area contributed by atoms with Gasteiger partial charge in [-0.1, -0.05) is 11.6 Å². The lowest BCUT2D eigenvalue weighted by Crippen LogP contribution is -2.43. The highest BCUT2D eigenvalue weighted by atomic mass is 35.5. The van der Waals surface area contributed by atoms with Crippen molar-refractivity contribution in [2.24, 2.45) is 11.5 Å². The van der Waals surface area contributed by atoms with E-state index in [-0.39, 0.29) is 22.9 Å². The van der Waals surface area contributed by atoms with Crippen LogP contribution in [-0.4, -0.2) is 30.4 Å². The lowest BCUT2D eigenvalue weighted by atomic mass is 10.2. The summed E-state index contributed by atoms with van der Waals surface area (Å²) >= 11 is 5.87. The monoisotopic (exact) mass is 299 g/mol. The number of hydrogen-bond acceptors (Lipinski definition) is 5. The van der Waals surface area contributed by atoms with Crippen LogP contribution in [0.4, 0.5) is 5.69 Å². The Morgan fingerprint density at radius 1 is 1.40 bits per heavy atom. The molecular formula is C12H14ClN3O4. The normalized spacial score (nSPS) is 11.6. The number of carbonyl (C=O) groups excluding carboxylic acids is 3. The highest BCUT2D eigenvalue weighted by molar-refractivity contribution is 6.34. The number of amides is 2. The zero-order chi connectivity index (χ0) is 15.3. The zero-order valence-corrected chi connectivity index (χ0v) is 11.4. The van der Waals surface area contributed by atoms with Gasteiger partial charge in [-0.25, -0.2) is 4.79 Å². The number of benzene rings is 1. The van der Waals surface area contributed by atoms with Crippen molar-refractivity contribution in [3.8, 4) is 0 Å². The summed E-state index contributed by atoms with van der Waals surface area (Å²) in [6.07, 6.45) is 0. The van der Waals surface area contributed by atoms with Crippen molar-refractivity contribution in [2.45, 2.75) is 13.0 Å². The lowest BCUT2D eigenvalue weighted by Gasteiger charge is -2.12. The SMILES string of the molecule is CCOC(=O)C(N)C(=O)Nc1cc(C(N)=O)ccc1Cl. The molecule has 1 aromatic carbocycles. The molecule has 0 spiro atoms. The van der Waals surface area contributed by atoms with Crippen LogP contribution in [0.15, 0.2) is 18.2 Å². The first kappa shape index (κ1) is 15.9. The molecule has 1 unspecified atom stereocenters.